The summed E-state index contributed by atoms with van der Waals surface area (Å²) in [4.78, 5) is 72.7. The van der Waals surface area contributed by atoms with Gasteiger partial charge in [0.15, 0.2) is 0 Å². The highest BCUT2D eigenvalue weighted by Crippen LogP contribution is 2.38. The topological polar surface area (TPSA) is 200 Å². The molecule has 4 N–H and O–H groups in total. The lowest BCUT2D eigenvalue weighted by atomic mass is 9.96. The Labute approximate surface area is 347 Å². The third-order valence-corrected chi connectivity index (χ3v) is 13.2. The summed E-state index contributed by atoms with van der Waals surface area (Å²) in [5, 5.41) is 15.8. The van der Waals surface area contributed by atoms with Gasteiger partial charge in [-0.15, -0.1) is 10.2 Å². The van der Waals surface area contributed by atoms with Crippen LogP contribution in [-0.4, -0.2) is 103 Å². The van der Waals surface area contributed by atoms with E-state index < -0.39 is 24.3 Å². The van der Waals surface area contributed by atoms with Gasteiger partial charge in [0.2, 0.25) is 11.8 Å². The maximum atomic E-state index is 14.0. The Morgan fingerprint density at radius 3 is 1.88 bits per heavy atom. The second kappa shape index (κ2) is 16.9. The average Bonchev–Trinajstić information content (AvgIpc) is 4.12. The van der Waals surface area contributed by atoms with Crippen molar-refractivity contribution in [2.45, 2.75) is 101 Å². The summed E-state index contributed by atoms with van der Waals surface area (Å²) in [5.74, 6) is 1.47. The Morgan fingerprint density at radius 1 is 0.667 bits per heavy atom. The molecule has 4 aliphatic rings. The zero-order valence-corrected chi connectivity index (χ0v) is 34.1. The third-order valence-electron chi connectivity index (χ3n) is 13.2. The molecule has 4 unspecified atom stereocenters. The second-order valence-corrected chi connectivity index (χ2v) is 16.7. The van der Waals surface area contributed by atoms with Gasteiger partial charge >= 0.3 is 12.2 Å². The summed E-state index contributed by atoms with van der Waals surface area (Å²) in [5.41, 5.74) is 5.67. The summed E-state index contributed by atoms with van der Waals surface area (Å²) in [6, 6.07) is 12.3. The third kappa shape index (κ3) is 7.74. The van der Waals surface area contributed by atoms with Crippen molar-refractivity contribution in [1.29, 1.82) is 0 Å². The fourth-order valence-electron chi connectivity index (χ4n) is 10.0. The molecule has 4 atom stereocenters. The number of amides is 4. The number of ether oxygens (including phenoxy) is 2. The fourth-order valence-corrected chi connectivity index (χ4v) is 10.0. The zero-order chi connectivity index (χ0) is 41.3. The summed E-state index contributed by atoms with van der Waals surface area (Å²) < 4.78 is 9.75. The van der Waals surface area contributed by atoms with Crippen molar-refractivity contribution in [1.82, 2.24) is 50.6 Å². The highest BCUT2D eigenvalue weighted by Gasteiger charge is 2.42. The lowest BCUT2D eigenvalue weighted by Crippen LogP contribution is -2.51. The van der Waals surface area contributed by atoms with E-state index in [1.807, 2.05) is 52.3 Å². The lowest BCUT2D eigenvalue weighted by Gasteiger charge is -2.31. The van der Waals surface area contributed by atoms with E-state index in [0.29, 0.717) is 24.6 Å². The molecule has 314 valence electrons. The molecule has 2 saturated heterocycles. The number of nitrogens with zero attached hydrogens (tertiary/aromatic N) is 6. The quantitative estimate of drug-likeness (QED) is 0.117. The highest BCUT2D eigenvalue weighted by molar-refractivity contribution is 5.89. The Kier molecular flexibility index (Phi) is 11.1. The zero-order valence-electron chi connectivity index (χ0n) is 34.1. The SMILES string of the molecule is COC(=O)NC(C(=O)N1CCCC1c1ncc(-c2ccc3cc(-c4ccc5nc(C6CCCN6C(=O)C(NC(=O)OC)C6CCCC6)[nH]c5c4)nnc3c2)[nH]1)C1CCCC1. The molecule has 60 heavy (non-hydrogen) atoms. The number of alkyl carbamates (subject to hydrolysis) is 2. The predicted octanol–water partition coefficient (Wildman–Crippen LogP) is 6.72. The Bertz CT molecular complexity index is 2400. The summed E-state index contributed by atoms with van der Waals surface area (Å²) in [7, 11) is 2.64. The molecule has 0 radical (unpaired) electrons. The minimum Gasteiger partial charge on any atom is -0.453 e. The molecular formula is C44H52N10O6. The van der Waals surface area contributed by atoms with E-state index in [2.05, 4.69) is 30.8 Å². The summed E-state index contributed by atoms with van der Waals surface area (Å²) >= 11 is 0. The molecule has 5 aromatic rings. The maximum absolute atomic E-state index is 14.0. The van der Waals surface area contributed by atoms with Gasteiger partial charge in [0.25, 0.3) is 0 Å². The first kappa shape index (κ1) is 39.4. The average molecular weight is 817 g/mol. The molecule has 5 heterocycles. The molecule has 2 aliphatic carbocycles. The number of carbonyl (C=O) groups is 4. The number of H-pyrrole nitrogens is 2. The molecule has 2 aromatic carbocycles. The van der Waals surface area contributed by atoms with Gasteiger partial charge in [-0.1, -0.05) is 43.9 Å². The number of hydrogen-bond donors (Lipinski definition) is 4. The summed E-state index contributed by atoms with van der Waals surface area (Å²) in [6.45, 7) is 1.21. The van der Waals surface area contributed by atoms with E-state index in [-0.39, 0.29) is 35.7 Å². The number of imidazole rings is 2. The molecule has 0 spiro atoms. The lowest BCUT2D eigenvalue weighted by molar-refractivity contribution is -0.136. The largest absolute Gasteiger partial charge is 0.453 e. The van der Waals surface area contributed by atoms with Crippen molar-refractivity contribution in [3.8, 4) is 22.5 Å². The van der Waals surface area contributed by atoms with Gasteiger partial charge in [-0.2, -0.15) is 0 Å². The van der Waals surface area contributed by atoms with Crippen LogP contribution in [0, 0.1) is 11.8 Å². The smallest absolute Gasteiger partial charge is 0.407 e. The van der Waals surface area contributed by atoms with E-state index in [1.165, 1.54) is 14.2 Å². The first-order valence-electron chi connectivity index (χ1n) is 21.4. The van der Waals surface area contributed by atoms with Crippen molar-refractivity contribution < 1.29 is 28.7 Å². The molecule has 3 aromatic heterocycles. The monoisotopic (exact) mass is 816 g/mol. The van der Waals surface area contributed by atoms with Crippen LogP contribution in [0.25, 0.3) is 44.5 Å². The second-order valence-electron chi connectivity index (χ2n) is 16.7. The molecular weight excluding hydrogens is 765 g/mol. The first-order chi connectivity index (χ1) is 29.3. The number of methoxy groups -OCH3 is 2. The van der Waals surface area contributed by atoms with E-state index in [1.54, 1.807) is 6.20 Å². The Hall–Kier alpha value is -6.06. The van der Waals surface area contributed by atoms with Gasteiger partial charge in [-0.3, -0.25) is 9.59 Å². The van der Waals surface area contributed by atoms with Gasteiger partial charge in [0, 0.05) is 29.6 Å². The van der Waals surface area contributed by atoms with Gasteiger partial charge in [-0.05, 0) is 87.5 Å². The van der Waals surface area contributed by atoms with E-state index in [9.17, 15) is 19.2 Å². The van der Waals surface area contributed by atoms with Crippen LogP contribution in [0.2, 0.25) is 0 Å². The Morgan fingerprint density at radius 2 is 1.27 bits per heavy atom. The minimum absolute atomic E-state index is 0.0789. The molecule has 16 nitrogen and oxygen atoms in total. The standard InChI is InChI=1S/C44H52N10O6/c1-59-43(57)49-37(25-9-3-4-10-25)41(55)53-19-7-13-35(53)39-45-24-34(48-39)29-16-15-27-21-31(51-52-32(27)22-29)28-17-18-30-33(23-28)47-40(46-30)36-14-8-20-54(36)42(56)38(50-44(58)60-2)26-11-5-6-12-26/h15-18,21-26,35-38H,3-14,19-20H2,1-2H3,(H,45,48)(H,46,47)(H,49,57)(H,50,58). The van der Waals surface area contributed by atoms with Gasteiger partial charge in [-0.25, -0.2) is 19.6 Å². The maximum Gasteiger partial charge on any atom is 0.407 e. The normalized spacial score (nSPS) is 20.8. The van der Waals surface area contributed by atoms with Gasteiger partial charge < -0.3 is 39.9 Å². The molecule has 0 bridgehead atoms. The minimum atomic E-state index is -0.616. The van der Waals surface area contributed by atoms with Crippen molar-refractivity contribution >= 4 is 45.9 Å². The van der Waals surface area contributed by atoms with Crippen LogP contribution >= 0.6 is 0 Å². The molecule has 16 heteroatoms. The van der Waals surface area contributed by atoms with Crippen LogP contribution in [0.4, 0.5) is 9.59 Å². The number of aromatic amines is 2. The molecule has 9 rings (SSSR count). The number of hydrogen-bond acceptors (Lipinski definition) is 10. The van der Waals surface area contributed by atoms with Crippen molar-refractivity contribution in [2.24, 2.45) is 11.8 Å². The van der Waals surface area contributed by atoms with Crippen molar-refractivity contribution in [2.75, 3.05) is 27.3 Å². The number of aromatic nitrogens is 6. The number of carbonyl (C=O) groups excluding carboxylic acids is 4. The fraction of sp³-hybridized carbons (Fsp3) is 0.500. The predicted molar refractivity (Wildman–Crippen MR) is 222 cm³/mol. The number of nitrogens with one attached hydrogen (secondary N) is 4. The molecule has 2 aliphatic heterocycles. The molecule has 2 saturated carbocycles. The van der Waals surface area contributed by atoms with Gasteiger partial charge in [0.1, 0.15) is 23.7 Å². The van der Waals surface area contributed by atoms with E-state index in [0.717, 1.165) is 122 Å². The number of likely N-dealkylation sites (tertiary alicyclic amines) is 2. The number of benzene rings is 2. The van der Waals surface area contributed by atoms with Crippen LogP contribution in [0.5, 0.6) is 0 Å². The molecule has 4 fully saturated rings. The van der Waals surface area contributed by atoms with Crippen LogP contribution < -0.4 is 10.6 Å². The van der Waals surface area contributed by atoms with Crippen molar-refractivity contribution in [3.05, 3.63) is 60.3 Å². The Balaban J connectivity index is 0.903. The molecule has 4 amide bonds. The van der Waals surface area contributed by atoms with Crippen LogP contribution in [0.3, 0.4) is 0 Å². The number of rotatable bonds is 10. The van der Waals surface area contributed by atoms with Crippen molar-refractivity contribution in [3.63, 3.8) is 0 Å². The van der Waals surface area contributed by atoms with E-state index >= 15 is 0 Å². The summed E-state index contributed by atoms with van der Waals surface area (Å²) in [6.07, 6.45) is 11.7. The first-order valence-corrected chi connectivity index (χ1v) is 21.4. The highest BCUT2D eigenvalue weighted by atomic mass is 16.5. The van der Waals surface area contributed by atoms with Gasteiger partial charge in [0.05, 0.1) is 60.4 Å². The van der Waals surface area contributed by atoms with Crippen LogP contribution in [0.15, 0.2) is 48.7 Å². The van der Waals surface area contributed by atoms with Crippen LogP contribution in [-0.2, 0) is 19.1 Å². The van der Waals surface area contributed by atoms with E-state index in [4.69, 9.17) is 19.4 Å². The van der Waals surface area contributed by atoms with Crippen LogP contribution in [0.1, 0.15) is 101 Å². The number of fused-ring (bicyclic) bond motifs is 2.